The molecule has 60 heavy (non-hydrogen) atoms. The average Bonchev–Trinajstić information content (AvgIpc) is 3.26. The topological polar surface area (TPSA) is 173 Å². The Morgan fingerprint density at radius 1 is 0.717 bits per heavy atom. The lowest BCUT2D eigenvalue weighted by Gasteiger charge is -2.31. The Bertz CT molecular complexity index is 1890. The van der Waals surface area contributed by atoms with Crippen LogP contribution in [-0.2, 0) is 43.4 Å². The number of rotatable bonds is 7. The van der Waals surface area contributed by atoms with Gasteiger partial charge in [-0.1, -0.05) is 86.7 Å². The Hall–Kier alpha value is -5.59. The van der Waals surface area contributed by atoms with Crippen molar-refractivity contribution in [3.63, 3.8) is 0 Å². The number of carbonyl (C=O) groups excluding carboxylic acids is 5. The highest BCUT2D eigenvalue weighted by atomic mass is 16.5. The first-order valence-electron chi connectivity index (χ1n) is 21.7. The van der Waals surface area contributed by atoms with Gasteiger partial charge < -0.3 is 40.8 Å². The maximum atomic E-state index is 14.3. The second-order valence-electron chi connectivity index (χ2n) is 16.4. The Balaban J connectivity index is 1.26. The van der Waals surface area contributed by atoms with Crippen molar-refractivity contribution in [2.45, 2.75) is 121 Å². The third-order valence-corrected chi connectivity index (χ3v) is 11.9. The van der Waals surface area contributed by atoms with E-state index >= 15 is 0 Å². The molecule has 4 heterocycles. The number of para-hydroxylation sites is 1. The molecule has 9 rings (SSSR count). The van der Waals surface area contributed by atoms with Gasteiger partial charge in [-0.15, -0.1) is 0 Å². The van der Waals surface area contributed by atoms with Gasteiger partial charge in [-0.05, 0) is 80.2 Å². The number of amides is 5. The molecular formula is C47H61N5O8. The second kappa shape index (κ2) is 22.1. The first-order valence-corrected chi connectivity index (χ1v) is 21.7. The molecule has 2 aliphatic carbocycles. The quantitative estimate of drug-likeness (QED) is 0.220. The molecule has 4 bridgehead atoms. The number of benzene rings is 3. The lowest BCUT2D eigenvalue weighted by molar-refractivity contribution is -0.134. The molecule has 5 N–H and O–H groups in total. The third-order valence-electron chi connectivity index (χ3n) is 11.9. The summed E-state index contributed by atoms with van der Waals surface area (Å²) < 4.78 is 18.1. The van der Waals surface area contributed by atoms with Crippen molar-refractivity contribution in [2.75, 3.05) is 20.3 Å². The molecule has 0 spiro atoms. The Kier molecular flexibility index (Phi) is 16.2. The van der Waals surface area contributed by atoms with Crippen LogP contribution in [0.1, 0.15) is 94.2 Å². The van der Waals surface area contributed by atoms with Crippen LogP contribution in [0.5, 0.6) is 17.2 Å². The Morgan fingerprint density at radius 2 is 1.45 bits per heavy atom. The van der Waals surface area contributed by atoms with Crippen molar-refractivity contribution in [3.8, 4) is 17.2 Å². The molecular weight excluding hydrogens is 763 g/mol. The number of hydrogen-bond acceptors (Lipinski definition) is 8. The molecule has 0 unspecified atom stereocenters. The lowest BCUT2D eigenvalue weighted by Crippen LogP contribution is -2.57. The number of ether oxygens (including phenoxy) is 3. The van der Waals surface area contributed by atoms with Gasteiger partial charge in [0.05, 0.1) is 6.61 Å². The summed E-state index contributed by atoms with van der Waals surface area (Å²) in [6, 6.07) is 19.3. The summed E-state index contributed by atoms with van der Waals surface area (Å²) in [6.45, 7) is 2.23. The van der Waals surface area contributed by atoms with Crippen molar-refractivity contribution in [2.24, 2.45) is 11.8 Å². The van der Waals surface area contributed by atoms with Crippen molar-refractivity contribution < 1.29 is 38.2 Å². The predicted molar refractivity (Wildman–Crippen MR) is 227 cm³/mol. The number of hydrogen-bond donors (Lipinski definition) is 5. The highest BCUT2D eigenvalue weighted by molar-refractivity contribution is 5.94. The second-order valence-corrected chi connectivity index (χ2v) is 16.4. The zero-order valence-electron chi connectivity index (χ0n) is 35.0. The molecule has 4 aliphatic heterocycles. The molecule has 13 nitrogen and oxygen atoms in total. The Labute approximate surface area is 353 Å². The van der Waals surface area contributed by atoms with Crippen LogP contribution in [0.2, 0.25) is 0 Å². The Morgan fingerprint density at radius 3 is 2.17 bits per heavy atom. The van der Waals surface area contributed by atoms with E-state index in [-0.39, 0.29) is 68.1 Å². The maximum Gasteiger partial charge on any atom is 0.258 e. The minimum atomic E-state index is -1.02. The molecule has 3 atom stereocenters. The van der Waals surface area contributed by atoms with Crippen LogP contribution in [0.25, 0.3) is 0 Å². The molecule has 322 valence electrons. The molecule has 5 amide bonds. The third kappa shape index (κ3) is 13.0. The van der Waals surface area contributed by atoms with Crippen LogP contribution in [0, 0.1) is 11.8 Å². The van der Waals surface area contributed by atoms with E-state index in [4.69, 9.17) is 14.2 Å². The molecule has 13 heteroatoms. The fourth-order valence-corrected chi connectivity index (χ4v) is 8.63. The monoisotopic (exact) mass is 823 g/mol. The SMILES string of the molecule is CCOc1cccc2c1OCC(=O)NC1CCC(CC1)CC(=O)N[C@@H](CC1CCCCC1)C(=O)N[C@H](Cc1ccccc1)C(=O)N[C@H](C(=O)NC)Cc1ccc(cc1)OC2. The molecule has 6 aliphatic rings. The van der Waals surface area contributed by atoms with Gasteiger partial charge in [-0.2, -0.15) is 0 Å². The molecule has 2 fully saturated rings. The molecule has 3 aromatic rings. The van der Waals surface area contributed by atoms with Gasteiger partial charge in [0.25, 0.3) is 5.91 Å². The van der Waals surface area contributed by atoms with Gasteiger partial charge in [0.2, 0.25) is 23.6 Å². The zero-order valence-corrected chi connectivity index (χ0v) is 35.0. The minimum Gasteiger partial charge on any atom is -0.490 e. The van der Waals surface area contributed by atoms with Gasteiger partial charge >= 0.3 is 0 Å². The maximum absolute atomic E-state index is 14.3. The zero-order chi connectivity index (χ0) is 42.3. The van der Waals surface area contributed by atoms with Gasteiger partial charge in [0, 0.05) is 37.9 Å². The number of nitrogens with one attached hydrogen (secondary N) is 5. The highest BCUT2D eigenvalue weighted by Gasteiger charge is 2.33. The summed E-state index contributed by atoms with van der Waals surface area (Å²) in [7, 11) is 1.52. The van der Waals surface area contributed by atoms with Gasteiger partial charge in [-0.3, -0.25) is 24.0 Å². The van der Waals surface area contributed by atoms with Gasteiger partial charge in [-0.25, -0.2) is 0 Å². The minimum absolute atomic E-state index is 0.0449. The van der Waals surface area contributed by atoms with Crippen LogP contribution < -0.4 is 40.8 Å². The normalized spacial score (nSPS) is 23.9. The van der Waals surface area contributed by atoms with Crippen LogP contribution in [0.3, 0.4) is 0 Å². The molecule has 3 aromatic carbocycles. The van der Waals surface area contributed by atoms with E-state index in [9.17, 15) is 24.0 Å². The van der Waals surface area contributed by atoms with Gasteiger partial charge in [0.1, 0.15) is 30.5 Å². The van der Waals surface area contributed by atoms with Crippen molar-refractivity contribution in [1.29, 1.82) is 0 Å². The average molecular weight is 824 g/mol. The summed E-state index contributed by atoms with van der Waals surface area (Å²) in [6.07, 6.45) is 9.33. The fourth-order valence-electron chi connectivity index (χ4n) is 8.63. The largest absolute Gasteiger partial charge is 0.490 e. The molecule has 0 radical (unpaired) electrons. The van der Waals surface area contributed by atoms with Crippen LogP contribution in [-0.4, -0.2) is 74.0 Å². The van der Waals surface area contributed by atoms with Crippen molar-refractivity contribution in [3.05, 3.63) is 89.5 Å². The number of carbonyl (C=O) groups is 5. The summed E-state index contributed by atoms with van der Waals surface area (Å²) >= 11 is 0. The van der Waals surface area contributed by atoms with Crippen molar-refractivity contribution >= 4 is 29.5 Å². The van der Waals surface area contributed by atoms with Crippen molar-refractivity contribution in [1.82, 2.24) is 26.6 Å². The summed E-state index contributed by atoms with van der Waals surface area (Å²) in [5, 5.41) is 14.8. The van der Waals surface area contributed by atoms with Gasteiger partial charge in [0.15, 0.2) is 18.1 Å². The van der Waals surface area contributed by atoms with E-state index in [1.54, 1.807) is 18.2 Å². The summed E-state index contributed by atoms with van der Waals surface area (Å²) in [5.41, 5.74) is 2.31. The van der Waals surface area contributed by atoms with Crippen LogP contribution >= 0.6 is 0 Å². The first kappa shape index (κ1) is 44.0. The van der Waals surface area contributed by atoms with E-state index in [1.807, 2.05) is 61.5 Å². The van der Waals surface area contributed by atoms with E-state index in [1.165, 1.54) is 7.05 Å². The number of likely N-dealkylation sites (N-methyl/N-ethyl adjacent to an activating group) is 1. The highest BCUT2D eigenvalue weighted by Crippen LogP contribution is 2.33. The first-order chi connectivity index (χ1) is 29.2. The van der Waals surface area contributed by atoms with Crippen LogP contribution in [0.15, 0.2) is 72.8 Å². The summed E-state index contributed by atoms with van der Waals surface area (Å²) in [5.74, 6) is 0.137. The summed E-state index contributed by atoms with van der Waals surface area (Å²) in [4.78, 5) is 68.6. The molecule has 0 saturated heterocycles. The van der Waals surface area contributed by atoms with E-state index in [0.717, 1.165) is 68.9 Å². The van der Waals surface area contributed by atoms with E-state index < -0.39 is 29.9 Å². The fraction of sp³-hybridized carbons (Fsp3) is 0.511. The predicted octanol–water partition coefficient (Wildman–Crippen LogP) is 5.08. The molecule has 0 aromatic heterocycles. The molecule has 2 saturated carbocycles. The van der Waals surface area contributed by atoms with E-state index in [0.29, 0.717) is 35.8 Å². The smallest absolute Gasteiger partial charge is 0.258 e. The van der Waals surface area contributed by atoms with Crippen LogP contribution in [0.4, 0.5) is 0 Å². The standard InChI is InChI=1S/C47H61N5O8/c1-3-58-41-16-10-15-35-29-59-37-23-19-33(20-24-37)27-38(45(55)48-2)51-47(57)40(26-32-13-8-5-9-14-32)52-46(56)39(25-31-11-6-4-7-12-31)50-42(53)28-34-17-21-36(22-18-34)49-43(54)30-60-44(35)41/h5,8-10,13-16,19-20,23-24,31,34,36,38-40H,3-4,6-7,11-12,17-18,21-22,25-30H2,1-2H3,(H,48,55)(H,49,54)(H,50,53)(H,51,57)(H,52,56)/t34?,36?,38-,39-,40+/m0/s1. The lowest BCUT2D eigenvalue weighted by atomic mass is 9.83. The van der Waals surface area contributed by atoms with E-state index in [2.05, 4.69) is 26.6 Å².